The van der Waals surface area contributed by atoms with Crippen LogP contribution in [0.3, 0.4) is 0 Å². The molecule has 0 unspecified atom stereocenters. The fraction of sp³-hybridized carbons (Fsp3) is 0.0909. The van der Waals surface area contributed by atoms with Crippen LogP contribution in [0.2, 0.25) is 0 Å². The zero-order chi connectivity index (χ0) is 10.7. The van der Waals surface area contributed by atoms with E-state index in [4.69, 9.17) is 5.73 Å². The minimum Gasteiger partial charge on any atom is -0.382 e. The van der Waals surface area contributed by atoms with Crippen LogP contribution in [-0.4, -0.2) is 10.2 Å². The van der Waals surface area contributed by atoms with E-state index in [1.165, 1.54) is 5.56 Å². The van der Waals surface area contributed by atoms with Crippen LogP contribution in [0.4, 0.5) is 5.82 Å². The molecule has 2 N–H and O–H groups in total. The second kappa shape index (κ2) is 4.31. The predicted molar refractivity (Wildman–Crippen MR) is 61.7 cm³/mol. The Morgan fingerprint density at radius 2 is 1.73 bits per heavy atom. The number of hydrogen-bond donors (Lipinski definition) is 1. The minimum atomic E-state index is 0.447. The van der Waals surface area contributed by atoms with Gasteiger partial charge in [-0.15, -0.1) is 10.2 Å². The maximum atomic E-state index is 5.46. The van der Waals surface area contributed by atoms with E-state index < -0.39 is 0 Å². The summed E-state index contributed by atoms with van der Waals surface area (Å²) in [6.45, 7) is 2.07. The Morgan fingerprint density at radius 3 is 2.33 bits per heavy atom. The monoisotopic (exact) mass is 217 g/mol. The molecule has 0 radical (unpaired) electrons. The number of anilines is 1. The van der Waals surface area contributed by atoms with Crippen molar-refractivity contribution in [2.45, 2.75) is 16.8 Å². The maximum absolute atomic E-state index is 5.46. The van der Waals surface area contributed by atoms with Crippen LogP contribution in [0.25, 0.3) is 0 Å². The number of hydrogen-bond acceptors (Lipinski definition) is 4. The molecule has 76 valence electrons. The molecular formula is C11H11N3S. The van der Waals surface area contributed by atoms with E-state index in [0.717, 1.165) is 9.92 Å². The number of nitrogens with zero attached hydrogens (tertiary/aromatic N) is 2. The van der Waals surface area contributed by atoms with Gasteiger partial charge in [0.1, 0.15) is 10.8 Å². The van der Waals surface area contributed by atoms with Gasteiger partial charge in [0.25, 0.3) is 0 Å². The van der Waals surface area contributed by atoms with Crippen LogP contribution >= 0.6 is 11.8 Å². The van der Waals surface area contributed by atoms with Gasteiger partial charge in [-0.2, -0.15) is 0 Å². The molecule has 0 aliphatic heterocycles. The summed E-state index contributed by atoms with van der Waals surface area (Å²) in [7, 11) is 0. The Hall–Kier alpha value is -1.55. The lowest BCUT2D eigenvalue weighted by Gasteiger charge is -2.00. The van der Waals surface area contributed by atoms with Crippen LogP contribution in [0.1, 0.15) is 5.56 Å². The molecule has 0 aliphatic carbocycles. The van der Waals surface area contributed by atoms with Crippen molar-refractivity contribution >= 4 is 17.6 Å². The van der Waals surface area contributed by atoms with Crippen LogP contribution in [0, 0.1) is 6.92 Å². The summed E-state index contributed by atoms with van der Waals surface area (Å²) < 4.78 is 0. The van der Waals surface area contributed by atoms with E-state index in [1.807, 2.05) is 6.07 Å². The topological polar surface area (TPSA) is 51.8 Å². The van der Waals surface area contributed by atoms with Crippen molar-refractivity contribution in [2.75, 3.05) is 5.73 Å². The van der Waals surface area contributed by atoms with Gasteiger partial charge in [-0.25, -0.2) is 0 Å². The van der Waals surface area contributed by atoms with E-state index in [1.54, 1.807) is 17.8 Å². The normalized spacial score (nSPS) is 10.2. The number of aryl methyl sites for hydroxylation is 1. The SMILES string of the molecule is Cc1ccc(Sc2ccc(N)nn2)cc1. The van der Waals surface area contributed by atoms with Crippen molar-refractivity contribution in [1.29, 1.82) is 0 Å². The average molecular weight is 217 g/mol. The van der Waals surface area contributed by atoms with Crippen molar-refractivity contribution < 1.29 is 0 Å². The molecule has 1 heterocycles. The Bertz CT molecular complexity index is 393. The third kappa shape index (κ3) is 2.70. The molecule has 0 fully saturated rings. The van der Waals surface area contributed by atoms with E-state index >= 15 is 0 Å². The third-order valence-electron chi connectivity index (χ3n) is 1.90. The van der Waals surface area contributed by atoms with Crippen LogP contribution < -0.4 is 5.73 Å². The highest BCUT2D eigenvalue weighted by atomic mass is 32.2. The van der Waals surface area contributed by atoms with Crippen molar-refractivity contribution in [3.63, 3.8) is 0 Å². The molecule has 0 amide bonds. The first-order chi connectivity index (χ1) is 7.24. The van der Waals surface area contributed by atoms with Gasteiger partial charge in [-0.1, -0.05) is 29.5 Å². The molecular weight excluding hydrogens is 206 g/mol. The summed E-state index contributed by atoms with van der Waals surface area (Å²) >= 11 is 1.58. The quantitative estimate of drug-likeness (QED) is 0.839. The highest BCUT2D eigenvalue weighted by Gasteiger charge is 1.98. The second-order valence-corrected chi connectivity index (χ2v) is 4.31. The number of benzene rings is 1. The lowest BCUT2D eigenvalue weighted by molar-refractivity contribution is 0.939. The number of nitrogens with two attached hydrogens (primary N) is 1. The summed E-state index contributed by atoms with van der Waals surface area (Å²) in [5.74, 6) is 0.447. The first-order valence-corrected chi connectivity index (χ1v) is 5.39. The van der Waals surface area contributed by atoms with Gasteiger partial charge in [0, 0.05) is 4.90 Å². The van der Waals surface area contributed by atoms with Gasteiger partial charge >= 0.3 is 0 Å². The minimum absolute atomic E-state index is 0.447. The highest BCUT2D eigenvalue weighted by molar-refractivity contribution is 7.99. The molecule has 0 bridgehead atoms. The Balaban J connectivity index is 2.15. The zero-order valence-corrected chi connectivity index (χ0v) is 9.16. The highest BCUT2D eigenvalue weighted by Crippen LogP contribution is 2.25. The molecule has 1 aromatic heterocycles. The van der Waals surface area contributed by atoms with E-state index in [9.17, 15) is 0 Å². The maximum Gasteiger partial charge on any atom is 0.146 e. The van der Waals surface area contributed by atoms with Gasteiger partial charge in [-0.05, 0) is 31.2 Å². The molecule has 0 atom stereocenters. The van der Waals surface area contributed by atoms with Crippen molar-refractivity contribution in [2.24, 2.45) is 0 Å². The summed E-state index contributed by atoms with van der Waals surface area (Å²) in [6.07, 6.45) is 0. The van der Waals surface area contributed by atoms with E-state index in [2.05, 4.69) is 41.4 Å². The van der Waals surface area contributed by atoms with Crippen LogP contribution in [-0.2, 0) is 0 Å². The predicted octanol–water partition coefficient (Wildman–Crippen LogP) is 2.52. The summed E-state index contributed by atoms with van der Waals surface area (Å²) in [5, 5.41) is 8.64. The zero-order valence-electron chi connectivity index (χ0n) is 8.34. The molecule has 0 aliphatic rings. The lowest BCUT2D eigenvalue weighted by Crippen LogP contribution is -1.92. The average Bonchev–Trinajstić information content (AvgIpc) is 2.25. The summed E-state index contributed by atoms with van der Waals surface area (Å²) in [4.78, 5) is 1.15. The number of nitrogen functional groups attached to an aromatic ring is 1. The molecule has 0 saturated heterocycles. The lowest BCUT2D eigenvalue weighted by atomic mass is 10.2. The Labute approximate surface area is 92.7 Å². The standard InChI is InChI=1S/C11H11N3S/c1-8-2-4-9(5-3-8)15-11-7-6-10(12)13-14-11/h2-7H,1H3,(H2,12,13). The Kier molecular flexibility index (Phi) is 2.87. The van der Waals surface area contributed by atoms with Crippen LogP contribution in [0.15, 0.2) is 46.3 Å². The fourth-order valence-electron chi connectivity index (χ4n) is 1.11. The van der Waals surface area contributed by atoms with Gasteiger partial charge in [0.05, 0.1) is 0 Å². The number of aromatic nitrogens is 2. The van der Waals surface area contributed by atoms with Crippen molar-refractivity contribution in [3.05, 3.63) is 42.0 Å². The molecule has 0 spiro atoms. The van der Waals surface area contributed by atoms with E-state index in [-0.39, 0.29) is 0 Å². The molecule has 0 saturated carbocycles. The fourth-order valence-corrected chi connectivity index (χ4v) is 1.84. The van der Waals surface area contributed by atoms with Gasteiger partial charge < -0.3 is 5.73 Å². The molecule has 3 nitrogen and oxygen atoms in total. The first-order valence-electron chi connectivity index (χ1n) is 4.58. The second-order valence-electron chi connectivity index (χ2n) is 3.21. The largest absolute Gasteiger partial charge is 0.382 e. The van der Waals surface area contributed by atoms with Gasteiger partial charge in [-0.3, -0.25) is 0 Å². The van der Waals surface area contributed by atoms with Gasteiger partial charge in [0.15, 0.2) is 0 Å². The Morgan fingerprint density at radius 1 is 1.00 bits per heavy atom. The van der Waals surface area contributed by atoms with Crippen molar-refractivity contribution in [3.8, 4) is 0 Å². The molecule has 1 aromatic carbocycles. The molecule has 15 heavy (non-hydrogen) atoms. The summed E-state index contributed by atoms with van der Waals surface area (Å²) in [6, 6.07) is 11.9. The van der Waals surface area contributed by atoms with Crippen LogP contribution in [0.5, 0.6) is 0 Å². The smallest absolute Gasteiger partial charge is 0.146 e. The number of rotatable bonds is 2. The van der Waals surface area contributed by atoms with Crippen molar-refractivity contribution in [1.82, 2.24) is 10.2 Å². The summed E-state index contributed by atoms with van der Waals surface area (Å²) in [5.41, 5.74) is 6.71. The molecule has 4 heteroatoms. The molecule has 2 rings (SSSR count). The van der Waals surface area contributed by atoms with Gasteiger partial charge in [0.2, 0.25) is 0 Å². The van der Waals surface area contributed by atoms with E-state index in [0.29, 0.717) is 5.82 Å². The first kappa shape index (κ1) is 9.98. The third-order valence-corrected chi connectivity index (χ3v) is 2.84. The molecule has 2 aromatic rings.